The van der Waals surface area contributed by atoms with Crippen molar-refractivity contribution in [1.29, 1.82) is 0 Å². The van der Waals surface area contributed by atoms with E-state index in [0.29, 0.717) is 11.9 Å². The van der Waals surface area contributed by atoms with Crippen LogP contribution < -0.4 is 10.6 Å². The number of H-pyrrole nitrogens is 1. The smallest absolute Gasteiger partial charge is 0.229 e. The van der Waals surface area contributed by atoms with Crippen molar-refractivity contribution in [3.8, 4) is 10.6 Å². The van der Waals surface area contributed by atoms with Crippen molar-refractivity contribution in [2.24, 2.45) is 0 Å². The Morgan fingerprint density at radius 3 is 2.43 bits per heavy atom. The number of aromatic nitrogens is 5. The maximum Gasteiger partial charge on any atom is 0.229 e. The minimum absolute atomic E-state index is 0.525. The Morgan fingerprint density at radius 2 is 1.60 bits per heavy atom. The summed E-state index contributed by atoms with van der Waals surface area (Å²) in [6.07, 6.45) is 2.45. The zero-order chi connectivity index (χ0) is 23.2. The molecule has 1 saturated carbocycles. The van der Waals surface area contributed by atoms with Crippen LogP contribution in [0.25, 0.3) is 31.7 Å². The van der Waals surface area contributed by atoms with Crippen molar-refractivity contribution in [3.05, 3.63) is 84.6 Å². The van der Waals surface area contributed by atoms with Crippen molar-refractivity contribution >= 4 is 55.7 Å². The summed E-state index contributed by atoms with van der Waals surface area (Å²) < 4.78 is 1.19. The number of rotatable bonds is 6. The molecule has 7 rings (SSSR count). The lowest BCUT2D eigenvalue weighted by Crippen LogP contribution is -2.02. The maximum absolute atomic E-state index is 4.77. The fourth-order valence-electron chi connectivity index (χ4n) is 4.17. The first-order valence-electron chi connectivity index (χ1n) is 11.6. The highest BCUT2D eigenvalue weighted by atomic mass is 32.1. The molecule has 3 aromatic carbocycles. The van der Waals surface area contributed by atoms with E-state index in [0.717, 1.165) is 44.3 Å². The summed E-state index contributed by atoms with van der Waals surface area (Å²) in [7, 11) is 0. The summed E-state index contributed by atoms with van der Waals surface area (Å²) in [6, 6.07) is 26.5. The summed E-state index contributed by atoms with van der Waals surface area (Å²) in [6.45, 7) is 0. The third kappa shape index (κ3) is 3.98. The Morgan fingerprint density at radius 1 is 0.800 bits per heavy atom. The van der Waals surface area contributed by atoms with E-state index in [2.05, 4.69) is 45.1 Å². The second kappa shape index (κ2) is 8.18. The minimum atomic E-state index is 0.525. The van der Waals surface area contributed by atoms with Crippen molar-refractivity contribution in [3.63, 3.8) is 0 Å². The minimum Gasteiger partial charge on any atom is -0.324 e. The Labute approximate surface area is 205 Å². The van der Waals surface area contributed by atoms with Gasteiger partial charge in [0.1, 0.15) is 10.8 Å². The average Bonchev–Trinajstić information content (AvgIpc) is 3.47. The van der Waals surface area contributed by atoms with Crippen LogP contribution in [0.4, 0.5) is 23.3 Å². The Balaban J connectivity index is 1.17. The molecule has 1 aliphatic carbocycles. The van der Waals surface area contributed by atoms with E-state index in [9.17, 15) is 0 Å². The van der Waals surface area contributed by atoms with Crippen LogP contribution in [0.2, 0.25) is 0 Å². The monoisotopic (exact) mass is 475 g/mol. The predicted octanol–water partition coefficient (Wildman–Crippen LogP) is 6.99. The third-order valence-electron chi connectivity index (χ3n) is 6.15. The van der Waals surface area contributed by atoms with E-state index in [1.807, 2.05) is 54.6 Å². The highest BCUT2D eigenvalue weighted by Gasteiger charge is 2.25. The molecule has 7 nitrogen and oxygen atoms in total. The van der Waals surface area contributed by atoms with Gasteiger partial charge in [0.25, 0.3) is 0 Å². The maximum atomic E-state index is 4.77. The van der Waals surface area contributed by atoms with E-state index in [1.54, 1.807) is 11.3 Å². The number of thiazole rings is 1. The van der Waals surface area contributed by atoms with Crippen LogP contribution in [0.5, 0.6) is 0 Å². The van der Waals surface area contributed by atoms with Crippen LogP contribution in [-0.4, -0.2) is 25.1 Å². The van der Waals surface area contributed by atoms with Crippen LogP contribution >= 0.6 is 11.3 Å². The number of nitrogens with zero attached hydrogens (tertiary/aromatic N) is 4. The molecule has 0 bridgehead atoms. The number of nitrogens with one attached hydrogen (secondary N) is 3. The van der Waals surface area contributed by atoms with Gasteiger partial charge in [0.2, 0.25) is 5.95 Å². The van der Waals surface area contributed by atoms with E-state index in [4.69, 9.17) is 15.0 Å². The molecule has 0 atom stereocenters. The van der Waals surface area contributed by atoms with Gasteiger partial charge >= 0.3 is 0 Å². The molecule has 35 heavy (non-hydrogen) atoms. The molecule has 8 heteroatoms. The van der Waals surface area contributed by atoms with Crippen molar-refractivity contribution in [1.82, 2.24) is 25.1 Å². The molecule has 0 aliphatic heterocycles. The lowest BCUT2D eigenvalue weighted by Gasteiger charge is -2.11. The number of para-hydroxylation sites is 2. The van der Waals surface area contributed by atoms with E-state index >= 15 is 0 Å². The first kappa shape index (κ1) is 20.1. The molecular formula is C27H21N7S. The largest absolute Gasteiger partial charge is 0.324 e. The van der Waals surface area contributed by atoms with E-state index in [1.165, 1.54) is 23.2 Å². The Hall–Kier alpha value is -4.30. The van der Waals surface area contributed by atoms with Crippen molar-refractivity contribution in [2.45, 2.75) is 18.8 Å². The van der Waals surface area contributed by atoms with Gasteiger partial charge < -0.3 is 10.6 Å². The quantitative estimate of drug-likeness (QED) is 0.240. The van der Waals surface area contributed by atoms with Gasteiger partial charge in [-0.2, -0.15) is 10.1 Å². The van der Waals surface area contributed by atoms with Gasteiger partial charge in [-0.3, -0.25) is 5.10 Å². The lowest BCUT2D eigenvalue weighted by atomic mass is 10.2. The van der Waals surface area contributed by atoms with E-state index < -0.39 is 0 Å². The number of anilines is 4. The summed E-state index contributed by atoms with van der Waals surface area (Å²) in [5.41, 5.74) is 5.06. The topological polar surface area (TPSA) is 91.4 Å². The fourth-order valence-corrected chi connectivity index (χ4v) is 5.15. The van der Waals surface area contributed by atoms with Gasteiger partial charge in [0, 0.05) is 34.3 Å². The summed E-state index contributed by atoms with van der Waals surface area (Å²) in [5, 5.41) is 16.3. The standard InChI is InChI=1S/C27H21N7S/c1-2-6-20-19(5-1)25(31-24-15-22(33-34-24)16-9-10-16)32-27(30-20)28-18-13-11-17(12-14-18)26-29-21-7-3-4-8-23(21)35-26/h1-8,11-16H,9-10H2,(H3,28,30,31,32,33,34). The zero-order valence-corrected chi connectivity index (χ0v) is 19.5. The number of benzene rings is 3. The molecule has 1 fully saturated rings. The Bertz CT molecular complexity index is 1630. The van der Waals surface area contributed by atoms with Gasteiger partial charge in [-0.25, -0.2) is 9.97 Å². The first-order chi connectivity index (χ1) is 17.3. The molecule has 3 heterocycles. The second-order valence-electron chi connectivity index (χ2n) is 8.71. The average molecular weight is 476 g/mol. The normalized spacial score (nSPS) is 13.4. The summed E-state index contributed by atoms with van der Waals surface area (Å²) >= 11 is 1.70. The first-order valence-corrected chi connectivity index (χ1v) is 12.4. The van der Waals surface area contributed by atoms with Gasteiger partial charge in [0.15, 0.2) is 5.82 Å². The van der Waals surface area contributed by atoms with Crippen LogP contribution in [0.15, 0.2) is 78.9 Å². The molecule has 0 saturated heterocycles. The second-order valence-corrected chi connectivity index (χ2v) is 9.74. The van der Waals surface area contributed by atoms with Crippen LogP contribution in [-0.2, 0) is 0 Å². The molecule has 0 amide bonds. The van der Waals surface area contributed by atoms with Crippen LogP contribution in [0.3, 0.4) is 0 Å². The van der Waals surface area contributed by atoms with Gasteiger partial charge in [-0.1, -0.05) is 24.3 Å². The number of hydrogen-bond donors (Lipinski definition) is 3. The highest BCUT2D eigenvalue weighted by molar-refractivity contribution is 7.21. The highest BCUT2D eigenvalue weighted by Crippen LogP contribution is 2.40. The number of aromatic amines is 1. The molecule has 0 unspecified atom stereocenters. The predicted molar refractivity (Wildman–Crippen MR) is 142 cm³/mol. The van der Waals surface area contributed by atoms with Gasteiger partial charge in [0.05, 0.1) is 15.7 Å². The molecule has 0 spiro atoms. The molecule has 3 aromatic heterocycles. The van der Waals surface area contributed by atoms with Crippen LogP contribution in [0.1, 0.15) is 24.5 Å². The van der Waals surface area contributed by atoms with Crippen LogP contribution in [0, 0.1) is 0 Å². The summed E-state index contributed by atoms with van der Waals surface area (Å²) in [5.74, 6) is 2.62. The third-order valence-corrected chi connectivity index (χ3v) is 7.23. The number of hydrogen-bond acceptors (Lipinski definition) is 7. The molecule has 0 radical (unpaired) electrons. The lowest BCUT2D eigenvalue weighted by molar-refractivity contribution is 0.966. The zero-order valence-electron chi connectivity index (χ0n) is 18.7. The molecule has 6 aromatic rings. The van der Waals surface area contributed by atoms with Crippen molar-refractivity contribution in [2.75, 3.05) is 10.6 Å². The fraction of sp³-hybridized carbons (Fsp3) is 0.111. The molecule has 3 N–H and O–H groups in total. The molecular weight excluding hydrogens is 454 g/mol. The van der Waals surface area contributed by atoms with Gasteiger partial charge in [-0.15, -0.1) is 11.3 Å². The van der Waals surface area contributed by atoms with E-state index in [-0.39, 0.29) is 0 Å². The Kier molecular flexibility index (Phi) is 4.70. The van der Waals surface area contributed by atoms with Gasteiger partial charge in [-0.05, 0) is 61.4 Å². The SMILES string of the molecule is c1ccc2sc(-c3ccc(Nc4nc(Nc5cc(C6CC6)[nH]n5)c5ccccc5n4)cc3)nc2c1. The molecule has 170 valence electrons. The molecule has 1 aliphatic rings. The number of fused-ring (bicyclic) bond motifs is 2. The summed E-state index contributed by atoms with van der Waals surface area (Å²) in [4.78, 5) is 14.3. The van der Waals surface area contributed by atoms with Crippen molar-refractivity contribution < 1.29 is 0 Å².